The van der Waals surface area contributed by atoms with Gasteiger partial charge in [0, 0.05) is 10.0 Å². The summed E-state index contributed by atoms with van der Waals surface area (Å²) in [6, 6.07) is 4.59. The summed E-state index contributed by atoms with van der Waals surface area (Å²) in [6.45, 7) is 1.73. The molecule has 0 amide bonds. The fourth-order valence-electron chi connectivity index (χ4n) is 2.19. The van der Waals surface area contributed by atoms with Gasteiger partial charge in [-0.25, -0.2) is 9.48 Å². The van der Waals surface area contributed by atoms with Gasteiger partial charge in [0.15, 0.2) is 0 Å². The molecule has 1 aliphatic rings. The highest BCUT2D eigenvalue weighted by Gasteiger charge is 2.27. The van der Waals surface area contributed by atoms with Gasteiger partial charge in [-0.05, 0) is 30.7 Å². The van der Waals surface area contributed by atoms with E-state index in [1.807, 2.05) is 0 Å². The first-order valence-electron chi connectivity index (χ1n) is 6.06. The number of halogens is 2. The molecule has 0 radical (unpaired) electrons. The van der Waals surface area contributed by atoms with Crippen molar-refractivity contribution in [3.05, 3.63) is 51.4 Å². The Balaban J connectivity index is 2.16. The predicted molar refractivity (Wildman–Crippen MR) is 78.7 cm³/mol. The fraction of sp³-hybridized carbons (Fsp3) is 0.154. The van der Waals surface area contributed by atoms with Crippen molar-refractivity contribution in [2.24, 2.45) is 0 Å². The summed E-state index contributed by atoms with van der Waals surface area (Å²) < 4.78 is 1.59. The summed E-state index contributed by atoms with van der Waals surface area (Å²) >= 11 is 12.1. The Kier molecular flexibility index (Phi) is 3.35. The molecule has 2 N–H and O–H groups in total. The van der Waals surface area contributed by atoms with Crippen LogP contribution in [0, 0.1) is 6.92 Å². The molecule has 2 aromatic rings. The number of aliphatic carboxylic acids is 1. The third kappa shape index (κ3) is 2.48. The number of nitrogens with zero attached hydrogens (tertiary/aromatic N) is 3. The van der Waals surface area contributed by atoms with Crippen LogP contribution < -0.4 is 5.32 Å². The Morgan fingerprint density at radius 3 is 2.86 bits per heavy atom. The average Bonchev–Trinajstić information content (AvgIpc) is 2.78. The van der Waals surface area contributed by atoms with Crippen molar-refractivity contribution in [3.8, 4) is 0 Å². The Bertz CT molecular complexity index is 770. The molecule has 0 fully saturated rings. The summed E-state index contributed by atoms with van der Waals surface area (Å²) in [4.78, 5) is 15.4. The van der Waals surface area contributed by atoms with Crippen molar-refractivity contribution in [2.75, 3.05) is 5.32 Å². The van der Waals surface area contributed by atoms with Crippen molar-refractivity contribution >= 4 is 35.1 Å². The highest BCUT2D eigenvalue weighted by molar-refractivity contribution is 6.35. The fourth-order valence-corrected chi connectivity index (χ4v) is 2.71. The van der Waals surface area contributed by atoms with Crippen LogP contribution in [0.3, 0.4) is 0 Å². The van der Waals surface area contributed by atoms with Gasteiger partial charge in [0.1, 0.15) is 17.6 Å². The first kappa shape index (κ1) is 13.9. The number of benzene rings is 1. The van der Waals surface area contributed by atoms with Gasteiger partial charge in [0.25, 0.3) is 0 Å². The number of aryl methyl sites for hydroxylation is 1. The van der Waals surface area contributed by atoms with Crippen LogP contribution in [-0.2, 0) is 4.79 Å². The number of fused-ring (bicyclic) bond motifs is 1. The molecule has 0 spiro atoms. The standard InChI is InChI=1S/C13H10Cl2N4O2/c1-6-16-13-17-10(12(20)21)5-11(19(13)18-6)8-3-2-7(14)4-9(8)15/h2-5,11H,1H3,(H,20,21)(H,16,17,18)/t11-/m0/s1. The number of aromatic nitrogens is 3. The molecule has 1 aliphatic heterocycles. The van der Waals surface area contributed by atoms with E-state index in [1.54, 1.807) is 35.9 Å². The Hall–Kier alpha value is -2.05. The van der Waals surface area contributed by atoms with E-state index in [0.29, 0.717) is 27.4 Å². The number of hydrogen-bond acceptors (Lipinski definition) is 4. The van der Waals surface area contributed by atoms with E-state index >= 15 is 0 Å². The van der Waals surface area contributed by atoms with Gasteiger partial charge in [-0.1, -0.05) is 29.3 Å². The number of carbonyl (C=O) groups is 1. The molecule has 0 bridgehead atoms. The number of nitrogens with one attached hydrogen (secondary N) is 1. The smallest absolute Gasteiger partial charge is 0.352 e. The maximum atomic E-state index is 11.2. The molecule has 0 saturated carbocycles. The minimum Gasteiger partial charge on any atom is -0.477 e. The highest BCUT2D eigenvalue weighted by Crippen LogP contribution is 2.34. The zero-order valence-corrected chi connectivity index (χ0v) is 12.4. The molecular weight excluding hydrogens is 315 g/mol. The summed E-state index contributed by atoms with van der Waals surface area (Å²) in [5.74, 6) is -0.173. The van der Waals surface area contributed by atoms with Crippen molar-refractivity contribution in [1.82, 2.24) is 14.8 Å². The van der Waals surface area contributed by atoms with Crippen LogP contribution in [0.5, 0.6) is 0 Å². The Labute approximate surface area is 130 Å². The second kappa shape index (κ2) is 5.05. The lowest BCUT2D eigenvalue weighted by molar-refractivity contribution is -0.132. The maximum absolute atomic E-state index is 11.2. The van der Waals surface area contributed by atoms with E-state index in [-0.39, 0.29) is 5.70 Å². The van der Waals surface area contributed by atoms with Gasteiger partial charge in [-0.3, -0.25) is 0 Å². The summed E-state index contributed by atoms with van der Waals surface area (Å²) in [5.41, 5.74) is 0.735. The molecule has 1 atom stereocenters. The minimum absolute atomic E-state index is 0.0333. The molecule has 108 valence electrons. The minimum atomic E-state index is -1.07. The van der Waals surface area contributed by atoms with Gasteiger partial charge < -0.3 is 10.4 Å². The normalized spacial score (nSPS) is 16.9. The molecule has 0 aliphatic carbocycles. The molecule has 0 unspecified atom stereocenters. The largest absolute Gasteiger partial charge is 0.477 e. The topological polar surface area (TPSA) is 80.0 Å². The molecule has 2 heterocycles. The van der Waals surface area contributed by atoms with Gasteiger partial charge in [-0.15, -0.1) is 0 Å². The number of rotatable bonds is 2. The predicted octanol–water partition coefficient (Wildman–Crippen LogP) is 2.88. The highest BCUT2D eigenvalue weighted by atomic mass is 35.5. The SMILES string of the molecule is Cc1nc2n(n1)[C@H](c1ccc(Cl)cc1Cl)C=C(C(=O)O)N2. The second-order valence-electron chi connectivity index (χ2n) is 4.55. The van der Waals surface area contributed by atoms with Crippen molar-refractivity contribution < 1.29 is 9.90 Å². The van der Waals surface area contributed by atoms with Crippen molar-refractivity contribution in [3.63, 3.8) is 0 Å². The van der Waals surface area contributed by atoms with Crippen molar-refractivity contribution in [2.45, 2.75) is 13.0 Å². The maximum Gasteiger partial charge on any atom is 0.352 e. The van der Waals surface area contributed by atoms with Crippen molar-refractivity contribution in [1.29, 1.82) is 0 Å². The zero-order chi connectivity index (χ0) is 15.1. The molecular formula is C13H10Cl2N4O2. The van der Waals surface area contributed by atoms with E-state index in [1.165, 1.54) is 0 Å². The number of carboxylic acids is 1. The van der Waals surface area contributed by atoms with Gasteiger partial charge in [0.05, 0.1) is 0 Å². The number of anilines is 1. The van der Waals surface area contributed by atoms with E-state index in [0.717, 1.165) is 0 Å². The first-order valence-corrected chi connectivity index (χ1v) is 6.81. The Morgan fingerprint density at radius 1 is 1.43 bits per heavy atom. The lowest BCUT2D eigenvalue weighted by atomic mass is 10.0. The van der Waals surface area contributed by atoms with Crippen LogP contribution >= 0.6 is 23.2 Å². The number of carboxylic acid groups (broad SMARTS) is 1. The van der Waals surface area contributed by atoms with Gasteiger partial charge in [0.2, 0.25) is 5.95 Å². The van der Waals surface area contributed by atoms with E-state index < -0.39 is 12.0 Å². The van der Waals surface area contributed by atoms with Crippen LogP contribution in [0.2, 0.25) is 10.0 Å². The van der Waals surface area contributed by atoms with Crippen LogP contribution in [0.4, 0.5) is 5.95 Å². The summed E-state index contributed by atoms with van der Waals surface area (Å²) in [5, 5.41) is 17.2. The van der Waals surface area contributed by atoms with Crippen LogP contribution in [0.15, 0.2) is 30.0 Å². The molecule has 1 aromatic carbocycles. The molecule has 21 heavy (non-hydrogen) atoms. The van der Waals surface area contributed by atoms with Gasteiger partial charge in [-0.2, -0.15) is 10.1 Å². The number of hydrogen-bond donors (Lipinski definition) is 2. The monoisotopic (exact) mass is 324 g/mol. The van der Waals surface area contributed by atoms with E-state index in [2.05, 4.69) is 15.4 Å². The quantitative estimate of drug-likeness (QED) is 0.887. The lowest BCUT2D eigenvalue weighted by Crippen LogP contribution is -2.24. The van der Waals surface area contributed by atoms with Crippen LogP contribution in [0.25, 0.3) is 0 Å². The van der Waals surface area contributed by atoms with Crippen LogP contribution in [0.1, 0.15) is 17.4 Å². The first-order chi connectivity index (χ1) is 9.95. The van der Waals surface area contributed by atoms with Gasteiger partial charge >= 0.3 is 5.97 Å². The van der Waals surface area contributed by atoms with Crippen LogP contribution in [-0.4, -0.2) is 25.8 Å². The average molecular weight is 325 g/mol. The molecule has 1 aromatic heterocycles. The van der Waals surface area contributed by atoms with E-state index in [9.17, 15) is 9.90 Å². The molecule has 3 rings (SSSR count). The second-order valence-corrected chi connectivity index (χ2v) is 5.39. The van der Waals surface area contributed by atoms with E-state index in [4.69, 9.17) is 23.2 Å². The summed E-state index contributed by atoms with van der Waals surface area (Å²) in [6.07, 6.45) is 1.54. The lowest BCUT2D eigenvalue weighted by Gasteiger charge is -2.23. The third-order valence-corrected chi connectivity index (χ3v) is 3.65. The summed E-state index contributed by atoms with van der Waals surface area (Å²) in [7, 11) is 0. The molecule has 6 nitrogen and oxygen atoms in total. The molecule has 0 saturated heterocycles. The number of allylic oxidation sites excluding steroid dienone is 1. The zero-order valence-electron chi connectivity index (χ0n) is 10.8. The molecule has 8 heteroatoms. The Morgan fingerprint density at radius 2 is 2.19 bits per heavy atom. The third-order valence-electron chi connectivity index (χ3n) is 3.08.